The van der Waals surface area contributed by atoms with E-state index in [-0.39, 0.29) is 17.8 Å². The maximum atomic E-state index is 12.0. The molecule has 5 heteroatoms. The molecule has 1 aromatic rings. The predicted octanol–water partition coefficient (Wildman–Crippen LogP) is 1.79. The minimum Gasteiger partial charge on any atom is -0.392 e. The van der Waals surface area contributed by atoms with E-state index in [1.165, 1.54) is 0 Å². The monoisotopic (exact) mass is 283 g/mol. The number of benzene rings is 1. The third-order valence-corrected chi connectivity index (χ3v) is 5.20. The molecular formula is C14H21NO3S. The number of sulfonamides is 1. The van der Waals surface area contributed by atoms with E-state index >= 15 is 0 Å². The van der Waals surface area contributed by atoms with Crippen molar-refractivity contribution in [3.8, 4) is 0 Å². The first kappa shape index (κ1) is 14.5. The van der Waals surface area contributed by atoms with E-state index in [9.17, 15) is 8.42 Å². The normalized spacial score (nSPS) is 17.4. The fourth-order valence-corrected chi connectivity index (χ4v) is 3.43. The van der Waals surface area contributed by atoms with Gasteiger partial charge in [-0.3, -0.25) is 0 Å². The first-order valence-electron chi connectivity index (χ1n) is 6.65. The van der Waals surface area contributed by atoms with Crippen LogP contribution in [-0.4, -0.2) is 20.1 Å². The molecule has 4 nitrogen and oxygen atoms in total. The number of aliphatic hydroxyl groups is 1. The summed E-state index contributed by atoms with van der Waals surface area (Å²) in [6.07, 6.45) is 3.26. The summed E-state index contributed by atoms with van der Waals surface area (Å²) in [5.74, 6) is -0.0271. The van der Waals surface area contributed by atoms with Crippen molar-refractivity contribution in [3.05, 3.63) is 35.4 Å². The summed E-state index contributed by atoms with van der Waals surface area (Å²) in [5.41, 5.74) is 1.65. The lowest BCUT2D eigenvalue weighted by Crippen LogP contribution is -2.31. The Morgan fingerprint density at radius 2 is 2.00 bits per heavy atom. The Morgan fingerprint density at radius 1 is 1.32 bits per heavy atom. The minimum atomic E-state index is -3.29. The quantitative estimate of drug-likeness (QED) is 0.801. The van der Waals surface area contributed by atoms with Crippen molar-refractivity contribution in [2.75, 3.05) is 6.54 Å². The Kier molecular flexibility index (Phi) is 4.28. The fraction of sp³-hybridized carbons (Fsp3) is 0.571. The van der Waals surface area contributed by atoms with Crippen LogP contribution in [0.2, 0.25) is 0 Å². The van der Waals surface area contributed by atoms with E-state index in [1.807, 2.05) is 0 Å². The van der Waals surface area contributed by atoms with Crippen molar-refractivity contribution in [3.63, 3.8) is 0 Å². The minimum absolute atomic E-state index is 0.0271. The second-order valence-electron chi connectivity index (χ2n) is 5.41. The molecule has 1 aliphatic rings. The van der Waals surface area contributed by atoms with Crippen molar-refractivity contribution < 1.29 is 13.5 Å². The van der Waals surface area contributed by atoms with Crippen LogP contribution in [0.5, 0.6) is 0 Å². The molecule has 2 rings (SSSR count). The van der Waals surface area contributed by atoms with Crippen molar-refractivity contribution in [1.29, 1.82) is 0 Å². The van der Waals surface area contributed by atoms with Gasteiger partial charge >= 0.3 is 0 Å². The average molecular weight is 283 g/mol. The Balaban J connectivity index is 1.96. The van der Waals surface area contributed by atoms with E-state index in [1.54, 1.807) is 24.3 Å². The van der Waals surface area contributed by atoms with Gasteiger partial charge in [0.1, 0.15) is 0 Å². The van der Waals surface area contributed by atoms with Crippen molar-refractivity contribution in [2.45, 2.75) is 38.5 Å². The number of rotatable bonds is 7. The zero-order valence-electron chi connectivity index (χ0n) is 11.2. The van der Waals surface area contributed by atoms with Crippen molar-refractivity contribution in [2.24, 2.45) is 5.41 Å². The summed E-state index contributed by atoms with van der Waals surface area (Å²) < 4.78 is 26.7. The molecular weight excluding hydrogens is 262 g/mol. The molecule has 106 valence electrons. The first-order chi connectivity index (χ1) is 8.99. The van der Waals surface area contributed by atoms with Crippen LogP contribution in [0.1, 0.15) is 37.3 Å². The van der Waals surface area contributed by atoms with E-state index in [4.69, 9.17) is 5.11 Å². The van der Waals surface area contributed by atoms with E-state index in [0.29, 0.717) is 12.1 Å². The molecule has 0 amide bonds. The summed E-state index contributed by atoms with van der Waals surface area (Å²) in [6, 6.07) is 7.04. The highest BCUT2D eigenvalue weighted by molar-refractivity contribution is 7.88. The van der Waals surface area contributed by atoms with Crippen molar-refractivity contribution in [1.82, 2.24) is 4.72 Å². The summed E-state index contributed by atoms with van der Waals surface area (Å²) in [4.78, 5) is 0. The van der Waals surface area contributed by atoms with Gasteiger partial charge in [-0.25, -0.2) is 13.1 Å². The summed E-state index contributed by atoms with van der Waals surface area (Å²) in [7, 11) is -3.29. The number of nitrogens with one attached hydrogen (secondary N) is 1. The SMILES string of the molecule is CCC1(CNS(=O)(=O)Cc2cccc(CO)c2)CC1. The number of hydrogen-bond acceptors (Lipinski definition) is 3. The van der Waals surface area contributed by atoms with Crippen LogP contribution in [-0.2, 0) is 22.4 Å². The van der Waals surface area contributed by atoms with Crippen LogP contribution in [0.15, 0.2) is 24.3 Å². The molecule has 1 fully saturated rings. The van der Waals surface area contributed by atoms with Gasteiger partial charge in [0.15, 0.2) is 0 Å². The second kappa shape index (κ2) is 5.61. The maximum Gasteiger partial charge on any atom is 0.215 e. The molecule has 2 N–H and O–H groups in total. The standard InChI is InChI=1S/C14H21NO3S/c1-2-14(6-7-14)11-15-19(17,18)10-13-5-3-4-12(8-13)9-16/h3-5,8,15-16H,2,6-7,9-11H2,1H3. The van der Waals surface area contributed by atoms with Gasteiger partial charge in [0, 0.05) is 6.54 Å². The smallest absolute Gasteiger partial charge is 0.215 e. The highest BCUT2D eigenvalue weighted by Gasteiger charge is 2.41. The molecule has 0 spiro atoms. The molecule has 0 radical (unpaired) electrons. The molecule has 0 unspecified atom stereocenters. The van der Waals surface area contributed by atoms with E-state index in [0.717, 1.165) is 24.8 Å². The van der Waals surface area contributed by atoms with Crippen LogP contribution in [0, 0.1) is 5.41 Å². The Morgan fingerprint density at radius 3 is 2.58 bits per heavy atom. The van der Waals surface area contributed by atoms with Gasteiger partial charge in [-0.1, -0.05) is 31.2 Å². The molecule has 0 atom stereocenters. The summed E-state index contributed by atoms with van der Waals surface area (Å²) in [6.45, 7) is 2.58. The van der Waals surface area contributed by atoms with Gasteiger partial charge in [0.05, 0.1) is 12.4 Å². The molecule has 1 aliphatic carbocycles. The van der Waals surface area contributed by atoms with Gasteiger partial charge in [0.2, 0.25) is 10.0 Å². The molecule has 1 aromatic carbocycles. The highest BCUT2D eigenvalue weighted by Crippen LogP contribution is 2.47. The lowest BCUT2D eigenvalue weighted by Gasteiger charge is -2.14. The van der Waals surface area contributed by atoms with Gasteiger partial charge in [-0.2, -0.15) is 0 Å². The lowest BCUT2D eigenvalue weighted by atomic mass is 10.1. The molecule has 0 bridgehead atoms. The van der Waals surface area contributed by atoms with Crippen LogP contribution in [0.25, 0.3) is 0 Å². The van der Waals surface area contributed by atoms with Gasteiger partial charge in [0.25, 0.3) is 0 Å². The molecule has 0 heterocycles. The van der Waals surface area contributed by atoms with Crippen LogP contribution < -0.4 is 4.72 Å². The molecule has 0 aromatic heterocycles. The summed E-state index contributed by atoms with van der Waals surface area (Å²) >= 11 is 0. The van der Waals surface area contributed by atoms with Crippen molar-refractivity contribution >= 4 is 10.0 Å². The zero-order chi connectivity index (χ0) is 13.9. The Bertz CT molecular complexity index is 535. The Hall–Kier alpha value is -0.910. The third-order valence-electron chi connectivity index (χ3n) is 3.90. The molecule has 0 aliphatic heterocycles. The van der Waals surface area contributed by atoms with E-state index < -0.39 is 10.0 Å². The van der Waals surface area contributed by atoms with E-state index in [2.05, 4.69) is 11.6 Å². The molecule has 19 heavy (non-hydrogen) atoms. The van der Waals surface area contributed by atoms with Gasteiger partial charge in [-0.15, -0.1) is 0 Å². The van der Waals surface area contributed by atoms with Gasteiger partial charge < -0.3 is 5.11 Å². The highest BCUT2D eigenvalue weighted by atomic mass is 32.2. The maximum absolute atomic E-state index is 12.0. The zero-order valence-corrected chi connectivity index (χ0v) is 12.0. The fourth-order valence-electron chi connectivity index (χ4n) is 2.18. The number of aliphatic hydroxyl groups excluding tert-OH is 1. The first-order valence-corrected chi connectivity index (χ1v) is 8.30. The topological polar surface area (TPSA) is 66.4 Å². The number of hydrogen-bond donors (Lipinski definition) is 2. The molecule has 1 saturated carbocycles. The average Bonchev–Trinajstić information content (AvgIpc) is 3.17. The second-order valence-corrected chi connectivity index (χ2v) is 7.22. The van der Waals surface area contributed by atoms with Crippen LogP contribution in [0.3, 0.4) is 0 Å². The van der Waals surface area contributed by atoms with Crippen LogP contribution in [0.4, 0.5) is 0 Å². The third kappa shape index (κ3) is 4.03. The van der Waals surface area contributed by atoms with Crippen LogP contribution >= 0.6 is 0 Å². The summed E-state index contributed by atoms with van der Waals surface area (Å²) in [5, 5.41) is 9.05. The van der Waals surface area contributed by atoms with Gasteiger partial charge in [-0.05, 0) is 35.8 Å². The Labute approximate surface area is 114 Å². The predicted molar refractivity (Wildman–Crippen MR) is 74.9 cm³/mol. The largest absolute Gasteiger partial charge is 0.392 e. The molecule has 0 saturated heterocycles. The lowest BCUT2D eigenvalue weighted by molar-refractivity contribution is 0.282.